The third-order valence-electron chi connectivity index (χ3n) is 4.92. The number of aromatic nitrogens is 1. The van der Waals surface area contributed by atoms with Crippen LogP contribution in [0.1, 0.15) is 28.1 Å². The number of aromatic hydroxyl groups is 1. The molecule has 1 heterocycles. The van der Waals surface area contributed by atoms with Gasteiger partial charge in [-0.1, -0.05) is 18.2 Å². The van der Waals surface area contributed by atoms with Gasteiger partial charge in [0, 0.05) is 17.1 Å². The Balaban J connectivity index is 1.98. The fourth-order valence-electron chi connectivity index (χ4n) is 3.48. The average Bonchev–Trinajstić information content (AvgIpc) is 2.95. The van der Waals surface area contributed by atoms with Gasteiger partial charge in [0.1, 0.15) is 17.4 Å². The van der Waals surface area contributed by atoms with Crippen molar-refractivity contribution >= 4 is 17.7 Å². The van der Waals surface area contributed by atoms with Gasteiger partial charge in [-0.25, -0.2) is 0 Å². The van der Waals surface area contributed by atoms with E-state index < -0.39 is 5.91 Å². The lowest BCUT2D eigenvalue weighted by atomic mass is 10.1. The predicted octanol–water partition coefficient (Wildman–Crippen LogP) is 4.96. The Morgan fingerprint density at radius 1 is 1.07 bits per heavy atom. The van der Waals surface area contributed by atoms with E-state index in [1.807, 2.05) is 32.0 Å². The molecule has 0 bridgehead atoms. The Bertz CT molecular complexity index is 1130. The number of carbonyl (C=O) groups is 1. The lowest BCUT2D eigenvalue weighted by Gasteiger charge is -2.15. The largest absolute Gasteiger partial charge is 0.508 e. The highest BCUT2D eigenvalue weighted by Gasteiger charge is 2.16. The quantitative estimate of drug-likeness (QED) is 0.378. The van der Waals surface area contributed by atoms with Crippen LogP contribution < -0.4 is 5.32 Å². The number of phenols is 1. The van der Waals surface area contributed by atoms with E-state index in [1.54, 1.807) is 18.2 Å². The molecular formula is C24H23N3O2. The fraction of sp³-hybridized carbons (Fsp3) is 0.167. The summed E-state index contributed by atoms with van der Waals surface area (Å²) in [7, 11) is 0. The topological polar surface area (TPSA) is 78.0 Å². The van der Waals surface area contributed by atoms with Crippen molar-refractivity contribution in [3.8, 4) is 17.5 Å². The smallest absolute Gasteiger partial charge is 0.266 e. The van der Waals surface area contributed by atoms with Crippen molar-refractivity contribution in [2.24, 2.45) is 0 Å². The van der Waals surface area contributed by atoms with Crippen LogP contribution in [0.5, 0.6) is 5.75 Å². The van der Waals surface area contributed by atoms with Crippen LogP contribution in [0, 0.1) is 39.0 Å². The number of rotatable bonds is 4. The van der Waals surface area contributed by atoms with Crippen molar-refractivity contribution in [1.82, 2.24) is 4.57 Å². The number of aryl methyl sites for hydroxylation is 3. The molecule has 0 fully saturated rings. The molecule has 0 atom stereocenters. The number of nitriles is 1. The highest BCUT2D eigenvalue weighted by atomic mass is 16.3. The normalized spacial score (nSPS) is 11.2. The number of hydrogen-bond acceptors (Lipinski definition) is 3. The molecule has 1 aromatic heterocycles. The highest BCUT2D eigenvalue weighted by Crippen LogP contribution is 2.27. The van der Waals surface area contributed by atoms with Crippen LogP contribution in [0.15, 0.2) is 54.1 Å². The number of nitrogens with one attached hydrogen (secondary N) is 1. The van der Waals surface area contributed by atoms with Crippen molar-refractivity contribution in [2.75, 3.05) is 5.32 Å². The molecule has 29 heavy (non-hydrogen) atoms. The van der Waals surface area contributed by atoms with Gasteiger partial charge in [-0.2, -0.15) is 5.26 Å². The van der Waals surface area contributed by atoms with Gasteiger partial charge < -0.3 is 15.0 Å². The number of amides is 1. The maximum absolute atomic E-state index is 12.5. The minimum atomic E-state index is -0.491. The van der Waals surface area contributed by atoms with Gasteiger partial charge in [0.05, 0.1) is 5.69 Å². The first-order valence-corrected chi connectivity index (χ1v) is 9.29. The zero-order chi connectivity index (χ0) is 21.1. The molecule has 2 N–H and O–H groups in total. The number of phenolic OH excluding ortho intramolecular Hbond substituents is 1. The molecule has 3 rings (SSSR count). The van der Waals surface area contributed by atoms with E-state index in [9.17, 15) is 15.2 Å². The van der Waals surface area contributed by atoms with Crippen LogP contribution in [0.2, 0.25) is 0 Å². The molecule has 3 aromatic rings. The summed E-state index contributed by atoms with van der Waals surface area (Å²) < 4.78 is 2.16. The monoisotopic (exact) mass is 385 g/mol. The minimum Gasteiger partial charge on any atom is -0.508 e. The number of carbonyl (C=O) groups excluding carboxylic acids is 1. The van der Waals surface area contributed by atoms with Gasteiger partial charge in [0.25, 0.3) is 5.91 Å². The van der Waals surface area contributed by atoms with Gasteiger partial charge in [-0.3, -0.25) is 4.79 Å². The van der Waals surface area contributed by atoms with Gasteiger partial charge in [0.2, 0.25) is 0 Å². The third-order valence-corrected chi connectivity index (χ3v) is 4.92. The number of para-hydroxylation sites is 1. The zero-order valence-corrected chi connectivity index (χ0v) is 16.9. The SMILES string of the molecule is Cc1cccc(C)c1-n1c(C)cc(/C=C(/C#N)C(=O)Nc2ccc(O)cc2)c1C. The average molecular weight is 385 g/mol. The first kappa shape index (κ1) is 20.0. The number of hydrogen-bond donors (Lipinski definition) is 2. The Hall–Kier alpha value is -3.78. The van der Waals surface area contributed by atoms with E-state index in [4.69, 9.17) is 0 Å². The number of nitrogens with zero attached hydrogens (tertiary/aromatic N) is 2. The van der Waals surface area contributed by atoms with Crippen LogP contribution >= 0.6 is 0 Å². The highest BCUT2D eigenvalue weighted by molar-refractivity contribution is 6.09. The van der Waals surface area contributed by atoms with E-state index in [0.717, 1.165) is 33.8 Å². The van der Waals surface area contributed by atoms with Gasteiger partial charge in [-0.05, 0) is 80.8 Å². The molecule has 5 nitrogen and oxygen atoms in total. The van der Waals surface area contributed by atoms with Crippen molar-refractivity contribution in [3.05, 3.63) is 82.2 Å². The summed E-state index contributed by atoms with van der Waals surface area (Å²) >= 11 is 0. The molecule has 0 aliphatic heterocycles. The molecule has 146 valence electrons. The summed E-state index contributed by atoms with van der Waals surface area (Å²) in [4.78, 5) is 12.5. The van der Waals surface area contributed by atoms with Gasteiger partial charge in [-0.15, -0.1) is 0 Å². The van der Waals surface area contributed by atoms with Crippen LogP contribution in [0.4, 0.5) is 5.69 Å². The lowest BCUT2D eigenvalue weighted by Crippen LogP contribution is -2.13. The second-order valence-electron chi connectivity index (χ2n) is 7.07. The fourth-order valence-corrected chi connectivity index (χ4v) is 3.48. The van der Waals surface area contributed by atoms with Crippen LogP contribution in [-0.2, 0) is 4.79 Å². The molecule has 0 saturated heterocycles. The molecule has 0 unspecified atom stereocenters. The van der Waals surface area contributed by atoms with Crippen LogP contribution in [0.3, 0.4) is 0 Å². The van der Waals surface area contributed by atoms with E-state index in [1.165, 1.54) is 12.1 Å². The van der Waals surface area contributed by atoms with Crippen molar-refractivity contribution in [1.29, 1.82) is 5.26 Å². The Morgan fingerprint density at radius 3 is 2.28 bits per heavy atom. The van der Waals surface area contributed by atoms with Gasteiger partial charge >= 0.3 is 0 Å². The zero-order valence-electron chi connectivity index (χ0n) is 16.9. The summed E-state index contributed by atoms with van der Waals surface area (Å²) in [5.74, 6) is -0.381. The van der Waals surface area contributed by atoms with Crippen molar-refractivity contribution in [3.63, 3.8) is 0 Å². The second-order valence-corrected chi connectivity index (χ2v) is 7.07. The molecule has 2 aromatic carbocycles. The molecule has 0 aliphatic carbocycles. The third kappa shape index (κ3) is 4.07. The van der Waals surface area contributed by atoms with Gasteiger partial charge in [0.15, 0.2) is 0 Å². The van der Waals surface area contributed by atoms with E-state index in [-0.39, 0.29) is 11.3 Å². The summed E-state index contributed by atoms with van der Waals surface area (Å²) in [5.41, 5.74) is 6.78. The van der Waals surface area contributed by atoms with Crippen molar-refractivity contribution in [2.45, 2.75) is 27.7 Å². The summed E-state index contributed by atoms with van der Waals surface area (Å²) in [6, 6.07) is 16.3. The molecule has 5 heteroatoms. The number of benzene rings is 2. The molecule has 0 saturated carbocycles. The Morgan fingerprint density at radius 2 is 1.69 bits per heavy atom. The van der Waals surface area contributed by atoms with Crippen LogP contribution in [0.25, 0.3) is 11.8 Å². The molecule has 0 radical (unpaired) electrons. The Labute approximate surface area is 170 Å². The standard InChI is InChI=1S/C24H23N3O2/c1-15-6-5-7-16(2)23(15)27-17(3)12-19(18(27)4)13-20(14-25)24(29)26-21-8-10-22(28)11-9-21/h5-13,28H,1-4H3,(H,26,29)/b20-13-. The molecule has 0 spiro atoms. The van der Waals surface area contributed by atoms with E-state index >= 15 is 0 Å². The van der Waals surface area contributed by atoms with Crippen LogP contribution in [-0.4, -0.2) is 15.6 Å². The first-order chi connectivity index (χ1) is 13.8. The molecular weight excluding hydrogens is 362 g/mol. The summed E-state index contributed by atoms with van der Waals surface area (Å²) in [6.07, 6.45) is 1.61. The van der Waals surface area contributed by atoms with E-state index in [2.05, 4.69) is 35.9 Å². The number of anilines is 1. The van der Waals surface area contributed by atoms with Crippen molar-refractivity contribution < 1.29 is 9.90 Å². The van der Waals surface area contributed by atoms with E-state index in [0.29, 0.717) is 5.69 Å². The summed E-state index contributed by atoms with van der Waals surface area (Å²) in [6.45, 7) is 8.14. The summed E-state index contributed by atoms with van der Waals surface area (Å²) in [5, 5.41) is 21.6. The second kappa shape index (κ2) is 8.07. The molecule has 1 amide bonds. The molecule has 0 aliphatic rings. The Kier molecular flexibility index (Phi) is 5.56. The predicted molar refractivity (Wildman–Crippen MR) is 115 cm³/mol. The first-order valence-electron chi connectivity index (χ1n) is 9.29. The maximum atomic E-state index is 12.5. The minimum absolute atomic E-state index is 0.0137. The maximum Gasteiger partial charge on any atom is 0.266 e. The lowest BCUT2D eigenvalue weighted by molar-refractivity contribution is -0.112.